The van der Waals surface area contributed by atoms with E-state index in [2.05, 4.69) is 48.3 Å². The monoisotopic (exact) mass is 336 g/mol. The largest absolute Gasteiger partial charge is 0.217 e. The minimum atomic E-state index is 0.807. The maximum atomic E-state index is 4.70. The van der Waals surface area contributed by atoms with Crippen molar-refractivity contribution in [2.45, 2.75) is 43.9 Å². The summed E-state index contributed by atoms with van der Waals surface area (Å²) in [6, 6.07) is 12.6. The molecule has 5 heteroatoms. The summed E-state index contributed by atoms with van der Waals surface area (Å²) in [5.41, 5.74) is 6.43. The molecule has 0 unspecified atom stereocenters. The fourth-order valence-corrected chi connectivity index (χ4v) is 3.99. The van der Waals surface area contributed by atoms with Gasteiger partial charge in [-0.25, -0.2) is 4.68 Å². The molecular formula is C19H20N4S. The molecule has 0 aliphatic heterocycles. The van der Waals surface area contributed by atoms with Crippen LogP contribution in [0.5, 0.6) is 0 Å². The molecule has 122 valence electrons. The summed E-state index contributed by atoms with van der Waals surface area (Å²) in [6.07, 6.45) is 3.44. The molecule has 1 aliphatic carbocycles. The number of fused-ring (bicyclic) bond motifs is 1. The average molecular weight is 336 g/mol. The lowest BCUT2D eigenvalue weighted by Gasteiger charge is -2.05. The maximum Gasteiger partial charge on any atom is 0.176 e. The van der Waals surface area contributed by atoms with Crippen molar-refractivity contribution in [1.29, 1.82) is 0 Å². The molecule has 0 amide bonds. The molecule has 0 atom stereocenters. The second-order valence-electron chi connectivity index (χ2n) is 6.28. The molecule has 0 saturated heterocycles. The fourth-order valence-electron chi connectivity index (χ4n) is 3.24. The van der Waals surface area contributed by atoms with Gasteiger partial charge in [0.05, 0.1) is 5.69 Å². The van der Waals surface area contributed by atoms with Gasteiger partial charge in [-0.15, -0.1) is 10.2 Å². The Morgan fingerprint density at radius 2 is 2.00 bits per heavy atom. The maximum absolute atomic E-state index is 4.70. The van der Waals surface area contributed by atoms with Crippen molar-refractivity contribution in [1.82, 2.24) is 20.0 Å². The minimum Gasteiger partial charge on any atom is -0.217 e. The van der Waals surface area contributed by atoms with Crippen LogP contribution in [0.4, 0.5) is 0 Å². The van der Waals surface area contributed by atoms with Crippen LogP contribution in [-0.2, 0) is 18.6 Å². The van der Waals surface area contributed by atoms with Gasteiger partial charge in [0, 0.05) is 11.4 Å². The fraction of sp³-hybridized carbons (Fsp3) is 0.316. The molecule has 4 rings (SSSR count). The summed E-state index contributed by atoms with van der Waals surface area (Å²) in [7, 11) is 0. The molecule has 4 nitrogen and oxygen atoms in total. The SMILES string of the molecule is Cc1cccc(CSc2ccc(-n3nc4c(c3C)CCC4)nn2)c1. The van der Waals surface area contributed by atoms with Crippen molar-refractivity contribution in [3.05, 3.63) is 64.5 Å². The van der Waals surface area contributed by atoms with Gasteiger partial charge < -0.3 is 0 Å². The van der Waals surface area contributed by atoms with Crippen molar-refractivity contribution in [3.63, 3.8) is 0 Å². The number of thioether (sulfide) groups is 1. The van der Waals surface area contributed by atoms with Crippen LogP contribution in [0.25, 0.3) is 5.82 Å². The lowest BCUT2D eigenvalue weighted by Crippen LogP contribution is -2.04. The first-order valence-electron chi connectivity index (χ1n) is 8.30. The van der Waals surface area contributed by atoms with E-state index in [9.17, 15) is 0 Å². The second-order valence-corrected chi connectivity index (χ2v) is 7.28. The van der Waals surface area contributed by atoms with E-state index in [1.807, 2.05) is 16.8 Å². The summed E-state index contributed by atoms with van der Waals surface area (Å²) in [5.74, 6) is 1.71. The van der Waals surface area contributed by atoms with Crippen molar-refractivity contribution >= 4 is 11.8 Å². The van der Waals surface area contributed by atoms with Gasteiger partial charge in [0.15, 0.2) is 5.82 Å². The third kappa shape index (κ3) is 2.96. The molecule has 0 radical (unpaired) electrons. The van der Waals surface area contributed by atoms with E-state index in [4.69, 9.17) is 5.10 Å². The Morgan fingerprint density at radius 3 is 2.75 bits per heavy atom. The quantitative estimate of drug-likeness (QED) is 0.674. The molecule has 3 aromatic rings. The molecule has 2 aromatic heterocycles. The standard InChI is InChI=1S/C19H20N4S/c1-13-5-3-6-15(11-13)12-24-19-10-9-18(20-21-19)23-14(2)16-7-4-8-17(16)22-23/h3,5-6,9-11H,4,7-8,12H2,1-2H3. The Balaban J connectivity index is 1.49. The van der Waals surface area contributed by atoms with E-state index in [-0.39, 0.29) is 0 Å². The molecule has 0 fully saturated rings. The third-order valence-corrected chi connectivity index (χ3v) is 5.47. The van der Waals surface area contributed by atoms with Crippen molar-refractivity contribution < 1.29 is 0 Å². The highest BCUT2D eigenvalue weighted by molar-refractivity contribution is 7.98. The molecular weight excluding hydrogens is 316 g/mol. The van der Waals surface area contributed by atoms with E-state index in [0.29, 0.717) is 0 Å². The van der Waals surface area contributed by atoms with Gasteiger partial charge in [-0.3, -0.25) is 0 Å². The zero-order valence-electron chi connectivity index (χ0n) is 14.0. The van der Waals surface area contributed by atoms with Gasteiger partial charge >= 0.3 is 0 Å². The molecule has 1 aromatic carbocycles. The van der Waals surface area contributed by atoms with E-state index in [1.165, 1.54) is 34.5 Å². The Labute approximate surface area is 146 Å². The van der Waals surface area contributed by atoms with E-state index in [1.54, 1.807) is 11.8 Å². The van der Waals surface area contributed by atoms with E-state index < -0.39 is 0 Å². The summed E-state index contributed by atoms with van der Waals surface area (Å²) in [4.78, 5) is 0. The zero-order valence-corrected chi connectivity index (χ0v) is 14.8. The first kappa shape index (κ1) is 15.4. The lowest BCUT2D eigenvalue weighted by atomic mass is 10.2. The highest BCUT2D eigenvalue weighted by Gasteiger charge is 2.20. The topological polar surface area (TPSA) is 43.6 Å². The molecule has 0 N–H and O–H groups in total. The second kappa shape index (κ2) is 6.40. The number of aromatic nitrogens is 4. The highest BCUT2D eigenvalue weighted by Crippen LogP contribution is 2.26. The van der Waals surface area contributed by atoms with Gasteiger partial charge in [0.2, 0.25) is 0 Å². The highest BCUT2D eigenvalue weighted by atomic mass is 32.2. The summed E-state index contributed by atoms with van der Waals surface area (Å²) >= 11 is 1.71. The van der Waals surface area contributed by atoms with Crippen LogP contribution in [0, 0.1) is 13.8 Å². The summed E-state index contributed by atoms with van der Waals surface area (Å²) in [5, 5.41) is 14.4. The molecule has 24 heavy (non-hydrogen) atoms. The number of rotatable bonds is 4. The molecule has 0 bridgehead atoms. The molecule has 0 spiro atoms. The Bertz CT molecular complexity index is 868. The Morgan fingerprint density at radius 1 is 1.08 bits per heavy atom. The summed E-state index contributed by atoms with van der Waals surface area (Å²) < 4.78 is 1.94. The Hall–Kier alpha value is -2.14. The van der Waals surface area contributed by atoms with Crippen molar-refractivity contribution in [3.8, 4) is 5.82 Å². The van der Waals surface area contributed by atoms with Gasteiger partial charge in [-0.2, -0.15) is 5.10 Å². The Kier molecular flexibility index (Phi) is 4.10. The predicted molar refractivity (Wildman–Crippen MR) is 96.7 cm³/mol. The normalized spacial score (nSPS) is 13.2. The van der Waals surface area contributed by atoms with E-state index >= 15 is 0 Å². The van der Waals surface area contributed by atoms with Crippen LogP contribution in [0.15, 0.2) is 41.4 Å². The average Bonchev–Trinajstić information content (AvgIpc) is 3.17. The molecule has 2 heterocycles. The van der Waals surface area contributed by atoms with E-state index in [0.717, 1.165) is 29.4 Å². The van der Waals surface area contributed by atoms with Gasteiger partial charge in [-0.1, -0.05) is 41.6 Å². The van der Waals surface area contributed by atoms with Gasteiger partial charge in [-0.05, 0) is 56.4 Å². The third-order valence-electron chi connectivity index (χ3n) is 4.48. The van der Waals surface area contributed by atoms with Crippen LogP contribution < -0.4 is 0 Å². The molecule has 1 aliphatic rings. The van der Waals surface area contributed by atoms with Crippen LogP contribution in [0.1, 0.15) is 34.5 Å². The summed E-state index contributed by atoms with van der Waals surface area (Å²) in [6.45, 7) is 4.24. The van der Waals surface area contributed by atoms with Crippen LogP contribution in [0.2, 0.25) is 0 Å². The number of aryl methyl sites for hydroxylation is 2. The van der Waals surface area contributed by atoms with Crippen LogP contribution in [-0.4, -0.2) is 20.0 Å². The minimum absolute atomic E-state index is 0.807. The van der Waals surface area contributed by atoms with Gasteiger partial charge in [0.25, 0.3) is 0 Å². The molecule has 0 saturated carbocycles. The number of nitrogens with zero attached hydrogens (tertiary/aromatic N) is 4. The zero-order chi connectivity index (χ0) is 16.5. The lowest BCUT2D eigenvalue weighted by molar-refractivity contribution is 0.738. The van der Waals surface area contributed by atoms with Gasteiger partial charge in [0.1, 0.15) is 5.03 Å². The van der Waals surface area contributed by atoms with Crippen molar-refractivity contribution in [2.75, 3.05) is 0 Å². The predicted octanol–water partition coefficient (Wildman–Crippen LogP) is 4.06. The first-order chi connectivity index (χ1) is 11.7. The number of benzene rings is 1. The van der Waals surface area contributed by atoms with Crippen LogP contribution >= 0.6 is 11.8 Å². The number of hydrogen-bond donors (Lipinski definition) is 0. The first-order valence-corrected chi connectivity index (χ1v) is 9.29. The smallest absolute Gasteiger partial charge is 0.176 e. The number of hydrogen-bond acceptors (Lipinski definition) is 4. The van der Waals surface area contributed by atoms with Crippen LogP contribution in [0.3, 0.4) is 0 Å². The van der Waals surface area contributed by atoms with Crippen molar-refractivity contribution in [2.24, 2.45) is 0 Å².